The van der Waals surface area contributed by atoms with Crippen molar-refractivity contribution in [1.82, 2.24) is 14.9 Å². The molecule has 2 aromatic carbocycles. The number of nitrogens with zero attached hydrogens (tertiary/aromatic N) is 4. The molecular weight excluding hydrogens is 476 g/mol. The molecule has 0 unspecified atom stereocenters. The Morgan fingerprint density at radius 2 is 1.71 bits per heavy atom. The third kappa shape index (κ3) is 5.44. The zero-order valence-electron chi connectivity index (χ0n) is 19.8. The average molecular weight is 503 g/mol. The van der Waals surface area contributed by atoms with E-state index in [-0.39, 0.29) is 10.8 Å². The van der Waals surface area contributed by atoms with E-state index in [1.54, 1.807) is 38.2 Å². The van der Waals surface area contributed by atoms with Gasteiger partial charge in [-0.1, -0.05) is 12.1 Å². The van der Waals surface area contributed by atoms with Gasteiger partial charge in [0.05, 0.1) is 29.7 Å². The predicted octanol–water partition coefficient (Wildman–Crippen LogP) is 3.71. The molecule has 0 fully saturated rings. The molecule has 9 nitrogen and oxygen atoms in total. The van der Waals surface area contributed by atoms with Gasteiger partial charge in [-0.25, -0.2) is 10.0 Å². The van der Waals surface area contributed by atoms with Crippen molar-refractivity contribution >= 4 is 33.6 Å². The van der Waals surface area contributed by atoms with Gasteiger partial charge in [0.2, 0.25) is 0 Å². The first-order valence-corrected chi connectivity index (χ1v) is 12.4. The molecular formula is C23H26N4O5S2. The Hall–Kier alpha value is -3.28. The van der Waals surface area contributed by atoms with Gasteiger partial charge in [0.25, 0.3) is 10.0 Å². The summed E-state index contributed by atoms with van der Waals surface area (Å²) >= 11 is 1.27. The lowest BCUT2D eigenvalue weighted by Crippen LogP contribution is -2.25. The summed E-state index contributed by atoms with van der Waals surface area (Å²) in [6.07, 6.45) is 1.25. The lowest BCUT2D eigenvalue weighted by molar-refractivity contribution is -0.0757. The summed E-state index contributed by atoms with van der Waals surface area (Å²) in [5, 5.41) is 1.45. The lowest BCUT2D eigenvalue weighted by Gasteiger charge is -2.12. The van der Waals surface area contributed by atoms with Crippen molar-refractivity contribution < 1.29 is 22.8 Å². The fraction of sp³-hybridized carbons (Fsp3) is 0.261. The van der Waals surface area contributed by atoms with Crippen LogP contribution in [0.25, 0.3) is 21.6 Å². The highest BCUT2D eigenvalue weighted by Crippen LogP contribution is 2.38. The highest BCUT2D eigenvalue weighted by molar-refractivity contribution is 7.90. The number of aromatic nitrogens is 1. The summed E-state index contributed by atoms with van der Waals surface area (Å²) < 4.78 is 34.0. The molecule has 0 saturated carbocycles. The first-order chi connectivity index (χ1) is 16.1. The van der Waals surface area contributed by atoms with Crippen LogP contribution in [-0.4, -0.2) is 71.0 Å². The van der Waals surface area contributed by atoms with E-state index in [9.17, 15) is 13.2 Å². The quantitative estimate of drug-likeness (QED) is 0.263. The average Bonchev–Trinajstić information content (AvgIpc) is 3.23. The maximum atomic E-state index is 12.4. The van der Waals surface area contributed by atoms with Crippen LogP contribution in [-0.2, 0) is 14.9 Å². The maximum absolute atomic E-state index is 12.4. The van der Waals surface area contributed by atoms with Gasteiger partial charge in [-0.3, -0.25) is 9.63 Å². The molecule has 11 heteroatoms. The number of hydroxylamine groups is 2. The van der Waals surface area contributed by atoms with Crippen molar-refractivity contribution in [3.63, 3.8) is 0 Å². The van der Waals surface area contributed by atoms with Crippen LogP contribution in [0.3, 0.4) is 0 Å². The van der Waals surface area contributed by atoms with Crippen LogP contribution in [0.5, 0.6) is 5.75 Å². The molecule has 1 aromatic heterocycles. The molecule has 180 valence electrons. The molecule has 0 saturated heterocycles. The minimum atomic E-state index is -3.80. The molecule has 0 aliphatic carbocycles. The van der Waals surface area contributed by atoms with E-state index < -0.39 is 10.0 Å². The number of hydrogen-bond acceptors (Lipinski definition) is 7. The lowest BCUT2D eigenvalue weighted by atomic mass is 10.0. The van der Waals surface area contributed by atoms with Crippen LogP contribution in [0.2, 0.25) is 0 Å². The summed E-state index contributed by atoms with van der Waals surface area (Å²) in [7, 11) is 4.11. The van der Waals surface area contributed by atoms with Crippen LogP contribution in [0.1, 0.15) is 15.5 Å². The summed E-state index contributed by atoms with van der Waals surface area (Å²) in [4.78, 5) is 24.3. The third-order valence-corrected chi connectivity index (χ3v) is 7.32. The van der Waals surface area contributed by atoms with E-state index >= 15 is 0 Å². The Labute approximate surface area is 203 Å². The first-order valence-electron chi connectivity index (χ1n) is 10.1. The smallest absolute Gasteiger partial charge is 0.306 e. The number of hydrogen-bond donors (Lipinski definition) is 0. The van der Waals surface area contributed by atoms with Crippen molar-refractivity contribution in [3.05, 3.63) is 53.2 Å². The molecule has 1 heterocycles. The van der Waals surface area contributed by atoms with Crippen LogP contribution in [0, 0.1) is 6.92 Å². The zero-order valence-corrected chi connectivity index (χ0v) is 21.4. The number of amides is 1. The van der Waals surface area contributed by atoms with E-state index in [2.05, 4.69) is 9.38 Å². The molecule has 0 radical (unpaired) electrons. The summed E-state index contributed by atoms with van der Waals surface area (Å²) in [6.45, 7) is 1.84. The van der Waals surface area contributed by atoms with E-state index in [0.29, 0.717) is 16.5 Å². The standard InChI is InChI=1S/C23H26N4O5S2/c1-15-21(33-22(25-15)23(28)27(4)32-6)17-9-12-20(31-5)19(13-17)16-7-10-18(11-8-16)34(29,30)24-14-26(2)3/h7-14H,1-6H3. The van der Waals surface area contributed by atoms with Gasteiger partial charge in [-0.2, -0.15) is 8.42 Å². The fourth-order valence-corrected chi connectivity index (χ4v) is 5.02. The molecule has 0 N–H and O–H groups in total. The van der Waals surface area contributed by atoms with Crippen LogP contribution >= 0.6 is 11.3 Å². The molecule has 3 aromatic rings. The van der Waals surface area contributed by atoms with Crippen LogP contribution in [0.4, 0.5) is 0 Å². The predicted molar refractivity (Wildman–Crippen MR) is 133 cm³/mol. The topological polar surface area (TPSA) is 101 Å². The van der Waals surface area contributed by atoms with Crippen LogP contribution in [0.15, 0.2) is 51.8 Å². The number of carbonyl (C=O) groups is 1. The van der Waals surface area contributed by atoms with E-state index in [4.69, 9.17) is 9.57 Å². The Kier molecular flexibility index (Phi) is 7.70. The molecule has 0 aliphatic heterocycles. The minimum absolute atomic E-state index is 0.0909. The van der Waals surface area contributed by atoms with Crippen molar-refractivity contribution in [3.8, 4) is 27.3 Å². The van der Waals surface area contributed by atoms with Gasteiger partial charge in [-0.05, 0) is 48.4 Å². The van der Waals surface area contributed by atoms with Gasteiger partial charge in [-0.15, -0.1) is 15.7 Å². The van der Waals surface area contributed by atoms with E-state index in [0.717, 1.165) is 26.6 Å². The van der Waals surface area contributed by atoms with Crippen molar-refractivity contribution in [2.24, 2.45) is 4.40 Å². The largest absolute Gasteiger partial charge is 0.496 e. The number of thiazole rings is 1. The second kappa shape index (κ2) is 10.3. The van der Waals surface area contributed by atoms with Crippen molar-refractivity contribution in [1.29, 1.82) is 0 Å². The van der Waals surface area contributed by atoms with Crippen LogP contribution < -0.4 is 4.74 Å². The molecule has 0 atom stereocenters. The van der Waals surface area contributed by atoms with Gasteiger partial charge in [0, 0.05) is 26.7 Å². The third-order valence-electron chi connectivity index (χ3n) is 4.88. The normalized spacial score (nSPS) is 11.6. The Morgan fingerprint density at radius 1 is 1.06 bits per heavy atom. The summed E-state index contributed by atoms with van der Waals surface area (Å²) in [5.41, 5.74) is 3.12. The number of sulfonamides is 1. The van der Waals surface area contributed by atoms with Gasteiger partial charge < -0.3 is 9.64 Å². The molecule has 34 heavy (non-hydrogen) atoms. The second-order valence-corrected chi connectivity index (χ2v) is 10.1. The Bertz CT molecular complexity index is 1320. The molecule has 3 rings (SSSR count). The number of carbonyl (C=O) groups excluding carboxylic acids is 1. The number of ether oxygens (including phenoxy) is 1. The summed E-state index contributed by atoms with van der Waals surface area (Å²) in [5.74, 6) is 0.298. The van der Waals surface area contributed by atoms with Crippen molar-refractivity contribution in [2.45, 2.75) is 11.8 Å². The van der Waals surface area contributed by atoms with Crippen molar-refractivity contribution in [2.75, 3.05) is 35.4 Å². The van der Waals surface area contributed by atoms with Gasteiger partial charge >= 0.3 is 5.91 Å². The SMILES string of the molecule is COc1ccc(-c2sc(C(=O)N(C)OC)nc2C)cc1-c1ccc(S(=O)(=O)N=CN(C)C)cc1. The van der Waals surface area contributed by atoms with Gasteiger partial charge in [0.15, 0.2) is 5.01 Å². The first kappa shape index (κ1) is 25.3. The maximum Gasteiger partial charge on any atom is 0.306 e. The molecule has 0 bridgehead atoms. The monoisotopic (exact) mass is 502 g/mol. The fourth-order valence-electron chi connectivity index (χ4n) is 3.07. The Morgan fingerprint density at radius 3 is 2.29 bits per heavy atom. The Balaban J connectivity index is 2.00. The molecule has 0 aliphatic rings. The van der Waals surface area contributed by atoms with E-state index in [1.807, 2.05) is 25.1 Å². The highest BCUT2D eigenvalue weighted by Gasteiger charge is 2.20. The number of methoxy groups -OCH3 is 1. The second-order valence-electron chi connectivity index (χ2n) is 7.52. The minimum Gasteiger partial charge on any atom is -0.496 e. The number of benzene rings is 2. The van der Waals surface area contributed by atoms with E-state index in [1.165, 1.54) is 44.0 Å². The number of aryl methyl sites for hydroxylation is 1. The summed E-state index contributed by atoms with van der Waals surface area (Å²) in [6, 6.07) is 12.1. The highest BCUT2D eigenvalue weighted by atomic mass is 32.2. The zero-order chi connectivity index (χ0) is 25.0. The van der Waals surface area contributed by atoms with Gasteiger partial charge in [0.1, 0.15) is 12.1 Å². The number of rotatable bonds is 8. The molecule has 0 spiro atoms. The molecule has 1 amide bonds.